The number of amides is 5. The molecular formula is C21H36N8O5. The molecule has 1 aromatic carbocycles. The molecule has 0 saturated carbocycles. The van der Waals surface area contributed by atoms with E-state index in [0.717, 1.165) is 10.6 Å². The molecule has 0 saturated heterocycles. The monoisotopic (exact) mass is 480 g/mol. The summed E-state index contributed by atoms with van der Waals surface area (Å²) in [4.78, 5) is 48.3. The van der Waals surface area contributed by atoms with Crippen LogP contribution in [0.1, 0.15) is 44.1 Å². The van der Waals surface area contributed by atoms with Crippen LogP contribution >= 0.6 is 0 Å². The average Bonchev–Trinajstić information content (AvgIpc) is 2.81. The number of primary amides is 2. The fourth-order valence-electron chi connectivity index (χ4n) is 3.12. The summed E-state index contributed by atoms with van der Waals surface area (Å²) in [5.74, 6) is 9.88. The zero-order chi connectivity index (χ0) is 25.5. The van der Waals surface area contributed by atoms with Crippen LogP contribution in [0, 0.1) is 0 Å². The maximum Gasteiger partial charge on any atom is 0.329 e. The predicted molar refractivity (Wildman–Crippen MR) is 125 cm³/mol. The smallest absolute Gasteiger partial charge is 0.329 e. The number of benzene rings is 1. The molecule has 11 N–H and O–H groups in total. The summed E-state index contributed by atoms with van der Waals surface area (Å²) in [6, 6.07) is 5.21. The van der Waals surface area contributed by atoms with E-state index in [1.807, 2.05) is 30.3 Å². The van der Waals surface area contributed by atoms with Crippen molar-refractivity contribution in [2.24, 2.45) is 28.9 Å². The summed E-state index contributed by atoms with van der Waals surface area (Å²) < 4.78 is 5.37. The number of esters is 1. The second kappa shape index (κ2) is 15.4. The minimum atomic E-state index is -1.14. The highest BCUT2D eigenvalue weighted by molar-refractivity contribution is 5.90. The SMILES string of the molecule is NCCCC[C@H](NC(=O)[C@H](CCCCN(N)C(N)=O)N(N)C(N)=O)C(=O)OCc1ccccc1. The Kier molecular flexibility index (Phi) is 13.0. The number of hydrogen-bond acceptors (Lipinski definition) is 8. The summed E-state index contributed by atoms with van der Waals surface area (Å²) in [7, 11) is 0. The first-order valence-electron chi connectivity index (χ1n) is 11.0. The van der Waals surface area contributed by atoms with Gasteiger partial charge in [-0.15, -0.1) is 0 Å². The van der Waals surface area contributed by atoms with E-state index < -0.39 is 36.0 Å². The van der Waals surface area contributed by atoms with Gasteiger partial charge in [-0.2, -0.15) is 0 Å². The van der Waals surface area contributed by atoms with E-state index in [2.05, 4.69) is 5.32 Å². The van der Waals surface area contributed by atoms with Gasteiger partial charge in [0.15, 0.2) is 0 Å². The van der Waals surface area contributed by atoms with Crippen molar-refractivity contribution >= 4 is 23.9 Å². The van der Waals surface area contributed by atoms with Crippen LogP contribution in [0.25, 0.3) is 0 Å². The van der Waals surface area contributed by atoms with E-state index in [1.165, 1.54) is 0 Å². The number of hydrogen-bond donors (Lipinski definition) is 6. The highest BCUT2D eigenvalue weighted by Crippen LogP contribution is 2.11. The molecule has 0 spiro atoms. The molecular weight excluding hydrogens is 444 g/mol. The Bertz CT molecular complexity index is 795. The Labute approximate surface area is 198 Å². The normalized spacial score (nSPS) is 12.3. The van der Waals surface area contributed by atoms with Crippen LogP contribution in [0.2, 0.25) is 0 Å². The summed E-state index contributed by atoms with van der Waals surface area (Å²) in [5, 5.41) is 4.06. The molecule has 1 aromatic rings. The fourth-order valence-corrected chi connectivity index (χ4v) is 3.12. The molecule has 0 aliphatic carbocycles. The van der Waals surface area contributed by atoms with E-state index in [9.17, 15) is 19.2 Å². The maximum atomic E-state index is 13.0. The van der Waals surface area contributed by atoms with Crippen LogP contribution in [0.3, 0.4) is 0 Å². The van der Waals surface area contributed by atoms with E-state index in [1.54, 1.807) is 0 Å². The Morgan fingerprint density at radius 1 is 0.912 bits per heavy atom. The fraction of sp³-hybridized carbons (Fsp3) is 0.524. The molecule has 0 fully saturated rings. The van der Waals surface area contributed by atoms with Crippen molar-refractivity contribution in [3.8, 4) is 0 Å². The standard InChI is InChI=1S/C21H36N8O5/c22-12-6-4-10-16(19(31)34-14-15-8-2-1-3-9-15)27-18(30)17(29(26)21(24)33)11-5-7-13-28(25)20(23)32/h1-3,8-9,16-17H,4-7,10-14,22,25-26H2,(H2,23,32)(H2,24,33)(H,27,30)/t16-,17-/m0/s1. The molecule has 0 aliphatic rings. The number of carbonyl (C=O) groups excluding carboxylic acids is 4. The second-order valence-electron chi connectivity index (χ2n) is 7.73. The van der Waals surface area contributed by atoms with Gasteiger partial charge in [0.1, 0.15) is 18.7 Å². The Morgan fingerprint density at radius 2 is 1.56 bits per heavy atom. The van der Waals surface area contributed by atoms with E-state index in [4.69, 9.17) is 33.6 Å². The number of hydrazine groups is 2. The van der Waals surface area contributed by atoms with Gasteiger partial charge >= 0.3 is 18.0 Å². The number of nitrogens with one attached hydrogen (secondary N) is 1. The lowest BCUT2D eigenvalue weighted by Crippen LogP contribution is -2.57. The van der Waals surface area contributed by atoms with Crippen molar-refractivity contribution in [2.45, 2.75) is 57.2 Å². The molecule has 5 amide bonds. The first-order chi connectivity index (χ1) is 16.2. The third kappa shape index (κ3) is 10.5. The highest BCUT2D eigenvalue weighted by atomic mass is 16.5. The lowest BCUT2D eigenvalue weighted by Gasteiger charge is -2.27. The zero-order valence-electron chi connectivity index (χ0n) is 19.2. The van der Waals surface area contributed by atoms with Crippen LogP contribution in [0.5, 0.6) is 0 Å². The first-order valence-corrected chi connectivity index (χ1v) is 11.0. The predicted octanol–water partition coefficient (Wildman–Crippen LogP) is -0.609. The van der Waals surface area contributed by atoms with Gasteiger partial charge in [-0.1, -0.05) is 30.3 Å². The molecule has 2 atom stereocenters. The van der Waals surface area contributed by atoms with Crippen molar-refractivity contribution in [3.05, 3.63) is 35.9 Å². The lowest BCUT2D eigenvalue weighted by molar-refractivity contribution is -0.149. The number of urea groups is 2. The Balaban J connectivity index is 2.81. The summed E-state index contributed by atoms with van der Waals surface area (Å²) >= 11 is 0. The van der Waals surface area contributed by atoms with Crippen molar-refractivity contribution in [2.75, 3.05) is 13.1 Å². The van der Waals surface area contributed by atoms with Crippen molar-refractivity contribution in [1.82, 2.24) is 15.3 Å². The third-order valence-corrected chi connectivity index (χ3v) is 5.07. The molecule has 0 bridgehead atoms. The number of nitrogens with zero attached hydrogens (tertiary/aromatic N) is 2. The molecule has 13 heteroatoms. The molecule has 0 radical (unpaired) electrons. The minimum absolute atomic E-state index is 0.0477. The van der Waals surface area contributed by atoms with E-state index in [0.29, 0.717) is 43.7 Å². The van der Waals surface area contributed by atoms with Gasteiger partial charge in [0.05, 0.1) is 0 Å². The van der Waals surface area contributed by atoms with Crippen LogP contribution in [-0.4, -0.2) is 59.1 Å². The van der Waals surface area contributed by atoms with Gasteiger partial charge in [-0.05, 0) is 50.6 Å². The molecule has 1 rings (SSSR count). The first kappa shape index (κ1) is 28.6. The second-order valence-corrected chi connectivity index (χ2v) is 7.73. The highest BCUT2D eigenvalue weighted by Gasteiger charge is 2.30. The van der Waals surface area contributed by atoms with Crippen LogP contribution < -0.4 is 34.2 Å². The number of nitrogens with two attached hydrogens (primary N) is 5. The maximum absolute atomic E-state index is 13.0. The Hall–Kier alpha value is -3.42. The largest absolute Gasteiger partial charge is 0.459 e. The Morgan fingerprint density at radius 3 is 2.15 bits per heavy atom. The molecule has 0 aromatic heterocycles. The quantitative estimate of drug-likeness (QED) is 0.0622. The van der Waals surface area contributed by atoms with E-state index >= 15 is 0 Å². The molecule has 190 valence electrons. The number of ether oxygens (including phenoxy) is 1. The molecule has 0 heterocycles. The zero-order valence-corrected chi connectivity index (χ0v) is 19.2. The molecule has 34 heavy (non-hydrogen) atoms. The number of carbonyl (C=O) groups is 4. The summed E-state index contributed by atoms with van der Waals surface area (Å²) in [5.41, 5.74) is 16.7. The molecule has 0 aliphatic heterocycles. The van der Waals surface area contributed by atoms with Gasteiger partial charge in [0.25, 0.3) is 0 Å². The van der Waals surface area contributed by atoms with Crippen LogP contribution in [0.15, 0.2) is 30.3 Å². The average molecular weight is 481 g/mol. The van der Waals surface area contributed by atoms with Crippen molar-refractivity contribution in [3.63, 3.8) is 0 Å². The molecule has 13 nitrogen and oxygen atoms in total. The van der Waals surface area contributed by atoms with Crippen molar-refractivity contribution in [1.29, 1.82) is 0 Å². The van der Waals surface area contributed by atoms with Crippen molar-refractivity contribution < 1.29 is 23.9 Å². The lowest BCUT2D eigenvalue weighted by atomic mass is 10.1. The number of unbranched alkanes of at least 4 members (excludes halogenated alkanes) is 2. The van der Waals surface area contributed by atoms with E-state index in [-0.39, 0.29) is 19.6 Å². The van der Waals surface area contributed by atoms with Gasteiger partial charge in [0, 0.05) is 6.54 Å². The van der Waals surface area contributed by atoms with Crippen LogP contribution in [0.4, 0.5) is 9.59 Å². The molecule has 0 unspecified atom stereocenters. The van der Waals surface area contributed by atoms with Crippen LogP contribution in [-0.2, 0) is 20.9 Å². The third-order valence-electron chi connectivity index (χ3n) is 5.07. The summed E-state index contributed by atoms with van der Waals surface area (Å²) in [6.07, 6.45) is 2.42. The van der Waals surface area contributed by atoms with Gasteiger partial charge in [0.2, 0.25) is 5.91 Å². The summed E-state index contributed by atoms with van der Waals surface area (Å²) in [6.45, 7) is 0.633. The topological polar surface area (TPSA) is 226 Å². The van der Waals surface area contributed by atoms with Gasteiger partial charge in [-0.3, -0.25) is 14.8 Å². The minimum Gasteiger partial charge on any atom is -0.459 e. The van der Waals surface area contributed by atoms with Gasteiger partial charge < -0.3 is 27.3 Å². The van der Waals surface area contributed by atoms with Gasteiger partial charge in [-0.25, -0.2) is 26.1 Å². The number of rotatable bonds is 15.